The standard InChI is InChI=1S/C16H24N2Si2/c1-19(2,3)11-9-13-7-8-14(16(18)15(13)17)10-12-20(4,5)6/h7-8H,17-18H2,1-6H3. The minimum absolute atomic E-state index is 0.554. The van der Waals surface area contributed by atoms with Gasteiger partial charge in [0.25, 0.3) is 0 Å². The van der Waals surface area contributed by atoms with Gasteiger partial charge in [-0.3, -0.25) is 0 Å². The first kappa shape index (κ1) is 16.4. The Hall–Kier alpha value is -1.63. The van der Waals surface area contributed by atoms with E-state index in [1.54, 1.807) is 0 Å². The van der Waals surface area contributed by atoms with Crippen LogP contribution >= 0.6 is 0 Å². The number of rotatable bonds is 0. The van der Waals surface area contributed by atoms with Crippen LogP contribution < -0.4 is 11.5 Å². The summed E-state index contributed by atoms with van der Waals surface area (Å²) in [6, 6.07) is 3.85. The molecule has 0 atom stereocenters. The summed E-state index contributed by atoms with van der Waals surface area (Å²) in [7, 11) is -2.83. The van der Waals surface area contributed by atoms with Crippen molar-refractivity contribution in [3.8, 4) is 22.9 Å². The van der Waals surface area contributed by atoms with Crippen molar-refractivity contribution in [2.24, 2.45) is 0 Å². The Labute approximate surface area is 125 Å². The zero-order valence-electron chi connectivity index (χ0n) is 13.3. The van der Waals surface area contributed by atoms with Crippen LogP contribution in [0.1, 0.15) is 11.1 Å². The van der Waals surface area contributed by atoms with E-state index in [1.807, 2.05) is 12.1 Å². The average molecular weight is 301 g/mol. The molecule has 0 saturated heterocycles. The molecule has 0 aliphatic rings. The van der Waals surface area contributed by atoms with Gasteiger partial charge in [-0.2, -0.15) is 0 Å². The largest absolute Gasteiger partial charge is 0.396 e. The predicted octanol–water partition coefficient (Wildman–Crippen LogP) is 3.31. The van der Waals surface area contributed by atoms with Crippen molar-refractivity contribution >= 4 is 27.5 Å². The monoisotopic (exact) mass is 300 g/mol. The highest BCUT2D eigenvalue weighted by Gasteiger charge is 2.11. The van der Waals surface area contributed by atoms with Gasteiger partial charge in [-0.15, -0.1) is 11.1 Å². The molecule has 2 nitrogen and oxygen atoms in total. The van der Waals surface area contributed by atoms with Crippen molar-refractivity contribution in [3.05, 3.63) is 23.3 Å². The molecule has 20 heavy (non-hydrogen) atoms. The summed E-state index contributed by atoms with van der Waals surface area (Å²) in [5, 5.41) is 0. The highest BCUT2D eigenvalue weighted by molar-refractivity contribution is 6.84. The summed E-state index contributed by atoms with van der Waals surface area (Å²) in [5.74, 6) is 6.32. The van der Waals surface area contributed by atoms with Crippen LogP contribution in [0.5, 0.6) is 0 Å². The predicted molar refractivity (Wildman–Crippen MR) is 95.7 cm³/mol. The second-order valence-electron chi connectivity index (χ2n) is 6.99. The first-order valence-corrected chi connectivity index (χ1v) is 13.7. The third kappa shape index (κ3) is 5.16. The maximum absolute atomic E-state index is 6.08. The topological polar surface area (TPSA) is 52.0 Å². The molecule has 0 unspecified atom stereocenters. The maximum Gasteiger partial charge on any atom is 0.129 e. The van der Waals surface area contributed by atoms with Crippen LogP contribution in [-0.2, 0) is 0 Å². The molecule has 0 saturated carbocycles. The Balaban J connectivity index is 3.22. The number of hydrogen-bond acceptors (Lipinski definition) is 2. The van der Waals surface area contributed by atoms with E-state index in [-0.39, 0.29) is 0 Å². The Kier molecular flexibility index (Phi) is 4.75. The van der Waals surface area contributed by atoms with Gasteiger partial charge in [-0.05, 0) is 12.1 Å². The Morgan fingerprint density at radius 2 is 1.00 bits per heavy atom. The van der Waals surface area contributed by atoms with Gasteiger partial charge >= 0.3 is 0 Å². The van der Waals surface area contributed by atoms with Gasteiger partial charge < -0.3 is 11.5 Å². The van der Waals surface area contributed by atoms with Gasteiger partial charge in [0.15, 0.2) is 0 Å². The molecule has 0 amide bonds. The molecule has 0 aliphatic carbocycles. The summed E-state index contributed by atoms with van der Waals surface area (Å²) in [4.78, 5) is 0. The van der Waals surface area contributed by atoms with Gasteiger partial charge in [0.1, 0.15) is 16.1 Å². The van der Waals surface area contributed by atoms with E-state index in [9.17, 15) is 0 Å². The Bertz CT molecular complexity index is 570. The third-order valence-electron chi connectivity index (χ3n) is 2.43. The quantitative estimate of drug-likeness (QED) is 0.439. The Morgan fingerprint density at radius 3 is 1.25 bits per heavy atom. The van der Waals surface area contributed by atoms with Gasteiger partial charge in [-0.25, -0.2) is 0 Å². The molecule has 1 rings (SSSR count). The zero-order chi connectivity index (χ0) is 15.6. The fourth-order valence-corrected chi connectivity index (χ4v) is 2.38. The lowest BCUT2D eigenvalue weighted by Crippen LogP contribution is -2.16. The lowest BCUT2D eigenvalue weighted by molar-refractivity contribution is 1.58. The number of benzene rings is 1. The first-order chi connectivity index (χ1) is 8.99. The summed E-state index contributed by atoms with van der Waals surface area (Å²) in [6.07, 6.45) is 0. The summed E-state index contributed by atoms with van der Waals surface area (Å²) in [5.41, 5.74) is 21.5. The zero-order valence-corrected chi connectivity index (χ0v) is 15.3. The molecule has 0 aromatic heterocycles. The molecular formula is C16H24N2Si2. The van der Waals surface area contributed by atoms with E-state index >= 15 is 0 Å². The Morgan fingerprint density at radius 1 is 0.700 bits per heavy atom. The molecule has 4 heteroatoms. The number of hydrogen-bond donors (Lipinski definition) is 2. The van der Waals surface area contributed by atoms with Crippen molar-refractivity contribution in [3.63, 3.8) is 0 Å². The minimum Gasteiger partial charge on any atom is -0.396 e. The molecule has 1 aromatic rings. The van der Waals surface area contributed by atoms with Gasteiger partial charge in [0.05, 0.1) is 11.4 Å². The minimum atomic E-state index is -1.41. The number of nitrogen functional groups attached to an aromatic ring is 2. The molecular weight excluding hydrogens is 276 g/mol. The van der Waals surface area contributed by atoms with Crippen LogP contribution in [0.4, 0.5) is 11.4 Å². The molecule has 1 aromatic carbocycles. The third-order valence-corrected chi connectivity index (χ3v) is 4.18. The second kappa shape index (κ2) is 5.79. The van der Waals surface area contributed by atoms with E-state index in [1.165, 1.54) is 0 Å². The van der Waals surface area contributed by atoms with Crippen LogP contribution in [0.2, 0.25) is 39.3 Å². The van der Waals surface area contributed by atoms with E-state index in [4.69, 9.17) is 11.5 Å². The average Bonchev–Trinajstić information content (AvgIpc) is 2.27. The van der Waals surface area contributed by atoms with Gasteiger partial charge in [0, 0.05) is 11.1 Å². The molecule has 0 radical (unpaired) electrons. The van der Waals surface area contributed by atoms with Gasteiger partial charge in [0.2, 0.25) is 0 Å². The number of anilines is 2. The smallest absolute Gasteiger partial charge is 0.129 e. The van der Waals surface area contributed by atoms with Crippen molar-refractivity contribution in [2.45, 2.75) is 39.3 Å². The van der Waals surface area contributed by atoms with E-state index in [0.717, 1.165) is 11.1 Å². The van der Waals surface area contributed by atoms with Crippen LogP contribution in [0.3, 0.4) is 0 Å². The maximum atomic E-state index is 6.08. The van der Waals surface area contributed by atoms with Crippen molar-refractivity contribution in [1.29, 1.82) is 0 Å². The summed E-state index contributed by atoms with van der Waals surface area (Å²) in [6.45, 7) is 13.2. The molecule has 0 heterocycles. The van der Waals surface area contributed by atoms with Crippen LogP contribution in [-0.4, -0.2) is 16.1 Å². The van der Waals surface area contributed by atoms with E-state index in [0.29, 0.717) is 11.4 Å². The lowest BCUT2D eigenvalue weighted by atomic mass is 10.1. The molecule has 0 bridgehead atoms. The normalized spacial score (nSPS) is 11.1. The molecule has 0 fully saturated rings. The SMILES string of the molecule is C[Si](C)(C)C#Cc1ccc(C#C[Si](C)(C)C)c(N)c1N. The van der Waals surface area contributed by atoms with E-state index < -0.39 is 16.1 Å². The van der Waals surface area contributed by atoms with E-state index in [2.05, 4.69) is 62.2 Å². The first-order valence-electron chi connectivity index (χ1n) is 6.74. The fraction of sp³-hybridized carbons (Fsp3) is 0.375. The fourth-order valence-electron chi connectivity index (χ4n) is 1.36. The molecule has 4 N–H and O–H groups in total. The second-order valence-corrected chi connectivity index (χ2v) is 16.5. The molecule has 0 aliphatic heterocycles. The van der Waals surface area contributed by atoms with Crippen LogP contribution in [0, 0.1) is 22.9 Å². The van der Waals surface area contributed by atoms with Crippen molar-refractivity contribution < 1.29 is 0 Å². The van der Waals surface area contributed by atoms with Crippen molar-refractivity contribution in [2.75, 3.05) is 11.5 Å². The molecule has 0 spiro atoms. The van der Waals surface area contributed by atoms with Crippen LogP contribution in [0.25, 0.3) is 0 Å². The van der Waals surface area contributed by atoms with Crippen molar-refractivity contribution in [1.82, 2.24) is 0 Å². The summed E-state index contributed by atoms with van der Waals surface area (Å²) < 4.78 is 0. The highest BCUT2D eigenvalue weighted by atomic mass is 28.3. The number of nitrogens with two attached hydrogens (primary N) is 2. The van der Waals surface area contributed by atoms with Crippen LogP contribution in [0.15, 0.2) is 12.1 Å². The lowest BCUT2D eigenvalue weighted by Gasteiger charge is -2.08. The molecule has 106 valence electrons. The van der Waals surface area contributed by atoms with Gasteiger partial charge in [-0.1, -0.05) is 51.1 Å². The highest BCUT2D eigenvalue weighted by Crippen LogP contribution is 2.23. The summed E-state index contributed by atoms with van der Waals surface area (Å²) >= 11 is 0.